The van der Waals surface area contributed by atoms with Crippen LogP contribution in [0.25, 0.3) is 6.08 Å². The van der Waals surface area contributed by atoms with Crippen LogP contribution in [0.15, 0.2) is 48.7 Å². The number of hydrogen-bond donors (Lipinski definition) is 2. The number of hydrogen-bond acceptors (Lipinski definition) is 4. The van der Waals surface area contributed by atoms with Crippen LogP contribution >= 0.6 is 0 Å². The first kappa shape index (κ1) is 18.7. The Balaban J connectivity index is 1.52. The van der Waals surface area contributed by atoms with Gasteiger partial charge in [0.1, 0.15) is 5.75 Å². The van der Waals surface area contributed by atoms with Crippen LogP contribution in [0.2, 0.25) is 0 Å². The summed E-state index contributed by atoms with van der Waals surface area (Å²) >= 11 is 0. The number of nitrogens with one attached hydrogen (secondary N) is 2. The molecular weight excluding hydrogens is 370 g/mol. The molecule has 0 aliphatic carbocycles. The first-order valence-electron chi connectivity index (χ1n) is 9.40. The Morgan fingerprint density at radius 2 is 2.00 bits per heavy atom. The lowest BCUT2D eigenvalue weighted by Crippen LogP contribution is -2.34. The molecule has 2 N–H and O–H groups in total. The van der Waals surface area contributed by atoms with Crippen LogP contribution in [0.1, 0.15) is 37.4 Å². The van der Waals surface area contributed by atoms with Gasteiger partial charge in [-0.1, -0.05) is 24.3 Å². The average Bonchev–Trinajstić information content (AvgIpc) is 2.69. The smallest absolute Gasteiger partial charge is 0.265 e. The molecule has 0 saturated carbocycles. The molecular formula is C22H21N3O4. The summed E-state index contributed by atoms with van der Waals surface area (Å²) in [5.41, 5.74) is 2.98. The van der Waals surface area contributed by atoms with Gasteiger partial charge >= 0.3 is 0 Å². The molecule has 29 heavy (non-hydrogen) atoms. The van der Waals surface area contributed by atoms with Gasteiger partial charge in [0.05, 0.1) is 18.2 Å². The van der Waals surface area contributed by atoms with Gasteiger partial charge in [0.2, 0.25) is 11.8 Å². The Labute approximate surface area is 168 Å². The van der Waals surface area contributed by atoms with Crippen LogP contribution in [0.3, 0.4) is 0 Å². The van der Waals surface area contributed by atoms with Crippen LogP contribution in [0.5, 0.6) is 5.75 Å². The molecule has 2 aliphatic heterocycles. The summed E-state index contributed by atoms with van der Waals surface area (Å²) < 4.78 is 5.53. The maximum Gasteiger partial charge on any atom is 0.265 e. The monoisotopic (exact) mass is 391 g/mol. The van der Waals surface area contributed by atoms with E-state index in [4.69, 9.17) is 4.74 Å². The fourth-order valence-corrected chi connectivity index (χ4v) is 3.59. The summed E-state index contributed by atoms with van der Waals surface area (Å²) in [4.78, 5) is 38.2. The number of ether oxygens (including phenoxy) is 1. The lowest BCUT2D eigenvalue weighted by atomic mass is 9.93. The fourth-order valence-electron chi connectivity index (χ4n) is 3.59. The number of fused-ring (bicyclic) bond motifs is 2. The lowest BCUT2D eigenvalue weighted by molar-refractivity contribution is -0.129. The minimum Gasteiger partial charge on any atom is -0.479 e. The number of rotatable bonds is 3. The molecule has 7 nitrogen and oxygen atoms in total. The molecule has 2 aromatic rings. The van der Waals surface area contributed by atoms with Crippen molar-refractivity contribution in [2.24, 2.45) is 0 Å². The lowest BCUT2D eigenvalue weighted by Gasteiger charge is -2.32. The van der Waals surface area contributed by atoms with Crippen molar-refractivity contribution in [3.63, 3.8) is 0 Å². The van der Waals surface area contributed by atoms with Gasteiger partial charge in [-0.05, 0) is 42.3 Å². The van der Waals surface area contributed by atoms with E-state index in [1.807, 2.05) is 30.3 Å². The van der Waals surface area contributed by atoms with Crippen LogP contribution in [-0.4, -0.2) is 28.7 Å². The van der Waals surface area contributed by atoms with E-state index in [-0.39, 0.29) is 30.2 Å². The standard InChI is InChI=1S/C22H21N3O4/c1-13-22(28)24-18-11-16(7-8-20(18)29-13)23-21(27)12-19-17-6-4-3-5-15(17)9-10-25(19)14(2)26/h3-11,13,19H,12H2,1-2H3,(H,23,27)(H,24,28)/t13-,19-/m1/s1. The van der Waals surface area contributed by atoms with Crippen molar-refractivity contribution in [2.75, 3.05) is 10.6 Å². The van der Waals surface area contributed by atoms with Gasteiger partial charge in [-0.25, -0.2) is 0 Å². The molecule has 0 fully saturated rings. The highest BCUT2D eigenvalue weighted by atomic mass is 16.5. The summed E-state index contributed by atoms with van der Waals surface area (Å²) in [7, 11) is 0. The van der Waals surface area contributed by atoms with Gasteiger partial charge in [0.15, 0.2) is 6.10 Å². The predicted octanol–water partition coefficient (Wildman–Crippen LogP) is 3.31. The largest absolute Gasteiger partial charge is 0.479 e. The van der Waals surface area contributed by atoms with Gasteiger partial charge in [-0.15, -0.1) is 0 Å². The number of benzene rings is 2. The SMILES string of the molecule is CC(=O)N1C=Cc2ccccc2[C@H]1CC(=O)Nc1ccc2c(c1)NC(=O)[C@@H](C)O2. The highest BCUT2D eigenvalue weighted by molar-refractivity contribution is 5.99. The quantitative estimate of drug-likeness (QED) is 0.840. The zero-order valence-electron chi connectivity index (χ0n) is 16.1. The summed E-state index contributed by atoms with van der Waals surface area (Å²) in [6.45, 7) is 3.15. The van der Waals surface area contributed by atoms with Gasteiger partial charge in [0, 0.05) is 18.8 Å². The van der Waals surface area contributed by atoms with Crippen molar-refractivity contribution < 1.29 is 19.1 Å². The Morgan fingerprint density at radius 1 is 1.21 bits per heavy atom. The topological polar surface area (TPSA) is 87.7 Å². The maximum atomic E-state index is 12.8. The van der Waals surface area contributed by atoms with Gasteiger partial charge in [-0.3, -0.25) is 14.4 Å². The molecule has 0 spiro atoms. The third-order valence-electron chi connectivity index (χ3n) is 5.04. The van der Waals surface area contributed by atoms with Crippen molar-refractivity contribution in [1.29, 1.82) is 0 Å². The molecule has 2 atom stereocenters. The van der Waals surface area contributed by atoms with E-state index in [0.29, 0.717) is 17.1 Å². The van der Waals surface area contributed by atoms with E-state index in [1.54, 1.807) is 36.2 Å². The summed E-state index contributed by atoms with van der Waals surface area (Å²) in [6.07, 6.45) is 3.14. The van der Waals surface area contributed by atoms with Crippen molar-refractivity contribution >= 4 is 35.2 Å². The van der Waals surface area contributed by atoms with Gasteiger partial charge < -0.3 is 20.3 Å². The van der Waals surface area contributed by atoms with E-state index in [0.717, 1.165) is 11.1 Å². The Hall–Kier alpha value is -3.61. The van der Waals surface area contributed by atoms with Gasteiger partial charge in [0.25, 0.3) is 5.91 Å². The van der Waals surface area contributed by atoms with E-state index in [1.165, 1.54) is 6.92 Å². The molecule has 7 heteroatoms. The molecule has 0 aromatic heterocycles. The highest BCUT2D eigenvalue weighted by Crippen LogP contribution is 2.34. The number of carbonyl (C=O) groups is 3. The second-order valence-electron chi connectivity index (χ2n) is 7.10. The molecule has 0 bridgehead atoms. The predicted molar refractivity (Wildman–Crippen MR) is 109 cm³/mol. The average molecular weight is 391 g/mol. The van der Waals surface area contributed by atoms with E-state index in [2.05, 4.69) is 10.6 Å². The Bertz CT molecular complexity index is 1030. The number of nitrogens with zero attached hydrogens (tertiary/aromatic N) is 1. The van der Waals surface area contributed by atoms with E-state index < -0.39 is 6.10 Å². The third-order valence-corrected chi connectivity index (χ3v) is 5.04. The minimum absolute atomic E-state index is 0.109. The van der Waals surface area contributed by atoms with Crippen molar-refractivity contribution in [3.8, 4) is 5.75 Å². The van der Waals surface area contributed by atoms with Crippen LogP contribution in [0.4, 0.5) is 11.4 Å². The summed E-state index contributed by atoms with van der Waals surface area (Å²) in [5, 5.41) is 5.61. The van der Waals surface area contributed by atoms with Crippen LogP contribution in [-0.2, 0) is 14.4 Å². The minimum atomic E-state index is -0.556. The first-order valence-corrected chi connectivity index (χ1v) is 9.40. The van der Waals surface area contributed by atoms with Crippen molar-refractivity contribution in [1.82, 2.24) is 4.90 Å². The molecule has 0 radical (unpaired) electrons. The molecule has 148 valence electrons. The normalized spacial score (nSPS) is 19.5. The fraction of sp³-hybridized carbons (Fsp3) is 0.227. The first-order chi connectivity index (χ1) is 13.9. The molecule has 0 saturated heterocycles. The van der Waals surface area contributed by atoms with Crippen molar-refractivity contribution in [2.45, 2.75) is 32.4 Å². The molecule has 2 aliphatic rings. The molecule has 3 amide bonds. The molecule has 0 unspecified atom stereocenters. The van der Waals surface area contributed by atoms with Crippen molar-refractivity contribution in [3.05, 3.63) is 59.8 Å². The number of anilines is 2. The Kier molecular flexibility index (Phi) is 4.80. The maximum absolute atomic E-state index is 12.8. The molecule has 2 aromatic carbocycles. The summed E-state index contributed by atoms with van der Waals surface area (Å²) in [6, 6.07) is 12.4. The van der Waals surface area contributed by atoms with Crippen LogP contribution in [0, 0.1) is 0 Å². The number of amides is 3. The molecule has 4 rings (SSSR count). The zero-order chi connectivity index (χ0) is 20.5. The van der Waals surface area contributed by atoms with E-state index in [9.17, 15) is 14.4 Å². The summed E-state index contributed by atoms with van der Waals surface area (Å²) in [5.74, 6) is -0.0353. The Morgan fingerprint density at radius 3 is 2.79 bits per heavy atom. The van der Waals surface area contributed by atoms with Crippen LogP contribution < -0.4 is 15.4 Å². The third kappa shape index (κ3) is 3.71. The number of carbonyl (C=O) groups excluding carboxylic acids is 3. The zero-order valence-corrected chi connectivity index (χ0v) is 16.1. The highest BCUT2D eigenvalue weighted by Gasteiger charge is 2.28. The van der Waals surface area contributed by atoms with Gasteiger partial charge in [-0.2, -0.15) is 0 Å². The second kappa shape index (κ2) is 7.43. The molecule has 2 heterocycles. The second-order valence-corrected chi connectivity index (χ2v) is 7.10. The van der Waals surface area contributed by atoms with E-state index >= 15 is 0 Å².